The number of carbonyl (C=O) groups excluding carboxylic acids is 2. The maximum atomic E-state index is 12.8. The van der Waals surface area contributed by atoms with Crippen LogP contribution in [0.3, 0.4) is 0 Å². The summed E-state index contributed by atoms with van der Waals surface area (Å²) in [6, 6.07) is 7.08. The van der Waals surface area contributed by atoms with E-state index in [-0.39, 0.29) is 24.2 Å². The highest BCUT2D eigenvalue weighted by atomic mass is 16.4. The van der Waals surface area contributed by atoms with Crippen LogP contribution >= 0.6 is 0 Å². The Kier molecular flexibility index (Phi) is 4.90. The second-order valence-electron chi connectivity index (χ2n) is 7.18. The smallest absolute Gasteiger partial charge is 0.306 e. The van der Waals surface area contributed by atoms with Crippen LogP contribution in [0.15, 0.2) is 24.3 Å². The van der Waals surface area contributed by atoms with Crippen molar-refractivity contribution < 1.29 is 19.5 Å². The molecule has 2 aliphatic heterocycles. The second-order valence-corrected chi connectivity index (χ2v) is 7.18. The average molecular weight is 344 g/mol. The fourth-order valence-electron chi connectivity index (χ4n) is 3.64. The summed E-state index contributed by atoms with van der Waals surface area (Å²) in [4.78, 5) is 39.5. The number of aliphatic carboxylic acids is 1. The van der Waals surface area contributed by atoms with Gasteiger partial charge in [-0.25, -0.2) is 4.90 Å². The van der Waals surface area contributed by atoms with Crippen LogP contribution in [0.1, 0.15) is 44.6 Å². The number of carbonyl (C=O) groups is 3. The first-order valence-electron chi connectivity index (χ1n) is 8.82. The highest BCUT2D eigenvalue weighted by molar-refractivity contribution is 6.22. The lowest BCUT2D eigenvalue weighted by Crippen LogP contribution is -2.46. The van der Waals surface area contributed by atoms with Crippen LogP contribution in [0, 0.1) is 5.92 Å². The van der Waals surface area contributed by atoms with Gasteiger partial charge in [-0.3, -0.25) is 19.3 Å². The van der Waals surface area contributed by atoms with Crippen molar-refractivity contribution in [3.63, 3.8) is 0 Å². The molecule has 1 N–H and O–H groups in total. The third kappa shape index (κ3) is 3.44. The van der Waals surface area contributed by atoms with Crippen molar-refractivity contribution in [1.29, 1.82) is 0 Å². The molecule has 0 aromatic heterocycles. The van der Waals surface area contributed by atoms with E-state index in [0.717, 1.165) is 5.56 Å². The van der Waals surface area contributed by atoms with Gasteiger partial charge in [-0.15, -0.1) is 0 Å². The molecular weight excluding hydrogens is 320 g/mol. The van der Waals surface area contributed by atoms with Gasteiger partial charge in [0.05, 0.1) is 24.1 Å². The molecule has 1 unspecified atom stereocenters. The zero-order chi connectivity index (χ0) is 18.1. The largest absolute Gasteiger partial charge is 0.481 e. The highest BCUT2D eigenvalue weighted by Gasteiger charge is 2.43. The molecule has 2 aliphatic rings. The van der Waals surface area contributed by atoms with Gasteiger partial charge in [0, 0.05) is 0 Å². The van der Waals surface area contributed by atoms with Crippen molar-refractivity contribution in [3.05, 3.63) is 29.8 Å². The molecule has 0 spiro atoms. The van der Waals surface area contributed by atoms with Crippen LogP contribution in [0.25, 0.3) is 0 Å². The number of nitrogens with zero attached hydrogens (tertiary/aromatic N) is 2. The summed E-state index contributed by atoms with van der Waals surface area (Å²) in [6.07, 6.45) is 1.22. The number of imide groups is 1. The molecule has 3 rings (SSSR count). The van der Waals surface area contributed by atoms with E-state index in [0.29, 0.717) is 37.5 Å². The number of likely N-dealkylation sites (tertiary alicyclic amines) is 1. The molecule has 2 heterocycles. The molecule has 1 atom stereocenters. The Morgan fingerprint density at radius 2 is 1.72 bits per heavy atom. The summed E-state index contributed by atoms with van der Waals surface area (Å²) in [6.45, 7) is 5.28. The lowest BCUT2D eigenvalue weighted by atomic mass is 9.95. The first-order valence-corrected chi connectivity index (χ1v) is 8.82. The highest BCUT2D eigenvalue weighted by Crippen LogP contribution is 2.29. The quantitative estimate of drug-likeness (QED) is 0.848. The lowest BCUT2D eigenvalue weighted by molar-refractivity contribution is -0.143. The van der Waals surface area contributed by atoms with Gasteiger partial charge in [-0.05, 0) is 49.5 Å². The van der Waals surface area contributed by atoms with Crippen LogP contribution in [0.5, 0.6) is 0 Å². The Bertz CT molecular complexity index is 675. The van der Waals surface area contributed by atoms with Crippen molar-refractivity contribution in [2.45, 2.75) is 45.1 Å². The number of hydrogen-bond acceptors (Lipinski definition) is 4. The van der Waals surface area contributed by atoms with Gasteiger partial charge < -0.3 is 5.11 Å². The van der Waals surface area contributed by atoms with Crippen molar-refractivity contribution in [2.75, 3.05) is 18.0 Å². The Hall–Kier alpha value is -2.21. The van der Waals surface area contributed by atoms with Crippen LogP contribution < -0.4 is 4.90 Å². The Labute approximate surface area is 147 Å². The van der Waals surface area contributed by atoms with E-state index in [1.54, 1.807) is 0 Å². The zero-order valence-electron chi connectivity index (χ0n) is 14.6. The molecule has 1 aromatic carbocycles. The van der Waals surface area contributed by atoms with E-state index in [9.17, 15) is 14.4 Å². The summed E-state index contributed by atoms with van der Waals surface area (Å²) in [5.41, 5.74) is 1.78. The number of rotatable bonds is 4. The Morgan fingerprint density at radius 1 is 1.12 bits per heavy atom. The number of benzene rings is 1. The summed E-state index contributed by atoms with van der Waals surface area (Å²) in [5.74, 6) is -1.12. The predicted octanol–water partition coefficient (Wildman–Crippen LogP) is 2.24. The second kappa shape index (κ2) is 6.96. The van der Waals surface area contributed by atoms with Crippen LogP contribution in [-0.2, 0) is 14.4 Å². The molecule has 0 bridgehead atoms. The van der Waals surface area contributed by atoms with Crippen LogP contribution in [-0.4, -0.2) is 46.9 Å². The predicted molar refractivity (Wildman–Crippen MR) is 93.4 cm³/mol. The number of piperidine rings is 1. The van der Waals surface area contributed by atoms with E-state index >= 15 is 0 Å². The summed E-state index contributed by atoms with van der Waals surface area (Å²) in [5, 5.41) is 9.09. The maximum absolute atomic E-state index is 12.8. The van der Waals surface area contributed by atoms with Gasteiger partial charge in [-0.1, -0.05) is 26.0 Å². The number of amides is 2. The fraction of sp³-hybridized carbons (Fsp3) is 0.526. The molecule has 2 fully saturated rings. The fourth-order valence-corrected chi connectivity index (χ4v) is 3.64. The molecule has 6 nitrogen and oxygen atoms in total. The average Bonchev–Trinajstić information content (AvgIpc) is 2.89. The van der Waals surface area contributed by atoms with E-state index in [1.807, 2.05) is 29.2 Å². The van der Waals surface area contributed by atoms with Gasteiger partial charge in [0.2, 0.25) is 5.91 Å². The SMILES string of the molecule is CC(C)c1ccc(N2C(=O)CC(N3CCC(C(=O)O)CC3)C2=O)cc1. The normalized spacial score (nSPS) is 22.8. The van der Waals surface area contributed by atoms with Crippen LogP contribution in [0.4, 0.5) is 5.69 Å². The topological polar surface area (TPSA) is 77.9 Å². The van der Waals surface area contributed by atoms with E-state index in [2.05, 4.69) is 13.8 Å². The van der Waals surface area contributed by atoms with Gasteiger partial charge in [0.25, 0.3) is 5.91 Å². The third-order valence-electron chi connectivity index (χ3n) is 5.26. The molecule has 134 valence electrons. The maximum Gasteiger partial charge on any atom is 0.306 e. The minimum atomic E-state index is -0.777. The van der Waals surface area contributed by atoms with Gasteiger partial charge in [-0.2, -0.15) is 0 Å². The van der Waals surface area contributed by atoms with Gasteiger partial charge in [0.1, 0.15) is 0 Å². The number of hydrogen-bond donors (Lipinski definition) is 1. The van der Waals surface area contributed by atoms with E-state index < -0.39 is 12.0 Å². The zero-order valence-corrected chi connectivity index (χ0v) is 14.6. The number of anilines is 1. The summed E-state index contributed by atoms with van der Waals surface area (Å²) >= 11 is 0. The van der Waals surface area contributed by atoms with Gasteiger partial charge >= 0.3 is 5.97 Å². The molecule has 0 saturated carbocycles. The standard InChI is InChI=1S/C19H24N2O4/c1-12(2)13-3-5-15(6-4-13)21-17(22)11-16(18(21)23)20-9-7-14(8-10-20)19(24)25/h3-6,12,14,16H,7-11H2,1-2H3,(H,24,25). The summed E-state index contributed by atoms with van der Waals surface area (Å²) in [7, 11) is 0. The van der Waals surface area contributed by atoms with Crippen molar-refractivity contribution >= 4 is 23.5 Å². The first-order chi connectivity index (χ1) is 11.9. The molecule has 1 aromatic rings. The number of carboxylic acids is 1. The monoisotopic (exact) mass is 344 g/mol. The Balaban J connectivity index is 1.71. The van der Waals surface area contributed by atoms with E-state index in [1.165, 1.54) is 4.90 Å². The summed E-state index contributed by atoms with van der Waals surface area (Å²) < 4.78 is 0. The van der Waals surface area contributed by atoms with Crippen molar-refractivity contribution in [2.24, 2.45) is 5.92 Å². The molecular formula is C19H24N2O4. The minimum absolute atomic E-state index is 0.169. The number of carboxylic acid groups (broad SMARTS) is 1. The van der Waals surface area contributed by atoms with Crippen molar-refractivity contribution in [3.8, 4) is 0 Å². The molecule has 0 radical (unpaired) electrons. The van der Waals surface area contributed by atoms with Crippen LogP contribution in [0.2, 0.25) is 0 Å². The van der Waals surface area contributed by atoms with E-state index in [4.69, 9.17) is 5.11 Å². The Morgan fingerprint density at radius 3 is 2.24 bits per heavy atom. The lowest BCUT2D eigenvalue weighted by Gasteiger charge is -2.33. The molecule has 2 amide bonds. The third-order valence-corrected chi connectivity index (χ3v) is 5.26. The first kappa shape index (κ1) is 17.6. The minimum Gasteiger partial charge on any atom is -0.481 e. The van der Waals surface area contributed by atoms with Crippen molar-refractivity contribution in [1.82, 2.24) is 4.90 Å². The molecule has 0 aliphatic carbocycles. The van der Waals surface area contributed by atoms with Gasteiger partial charge in [0.15, 0.2) is 0 Å². The molecule has 6 heteroatoms. The molecule has 2 saturated heterocycles. The molecule has 25 heavy (non-hydrogen) atoms.